The molecule has 0 aliphatic rings. The van der Waals surface area contributed by atoms with Gasteiger partial charge >= 0.3 is 6.18 Å². The highest BCUT2D eigenvalue weighted by molar-refractivity contribution is 5.95. The summed E-state index contributed by atoms with van der Waals surface area (Å²) in [6.07, 6.45) is -1.56. The zero-order chi connectivity index (χ0) is 18.6. The number of carbonyl (C=O) groups excluding carboxylic acids is 1. The van der Waals surface area contributed by atoms with Gasteiger partial charge in [0.15, 0.2) is 0 Å². The van der Waals surface area contributed by atoms with Crippen molar-refractivity contribution in [1.82, 2.24) is 20.1 Å². The van der Waals surface area contributed by atoms with Gasteiger partial charge in [-0.3, -0.25) is 4.79 Å². The van der Waals surface area contributed by atoms with Crippen molar-refractivity contribution in [2.45, 2.75) is 19.3 Å². The van der Waals surface area contributed by atoms with E-state index < -0.39 is 23.2 Å². The Morgan fingerprint density at radius 3 is 2.58 bits per heavy atom. The van der Waals surface area contributed by atoms with Gasteiger partial charge in [0.2, 0.25) is 0 Å². The van der Waals surface area contributed by atoms with Gasteiger partial charge in [-0.1, -0.05) is 36.4 Å². The molecule has 1 N–H and O–H groups in total. The average molecular weight is 360 g/mol. The smallest absolute Gasteiger partial charge is 0.348 e. The van der Waals surface area contributed by atoms with Gasteiger partial charge in [0.1, 0.15) is 12.7 Å². The van der Waals surface area contributed by atoms with E-state index in [0.717, 1.165) is 17.2 Å². The standard InChI is InChI=1S/C18H15F3N4O/c19-18(20,21)16-7-2-1-6-15(16)17(26)23-9-13-4-3-5-14(8-13)10-25-12-22-11-24-25/h1-8,11-12H,9-10H2,(H,23,26). The second-order valence-electron chi connectivity index (χ2n) is 5.64. The van der Waals surface area contributed by atoms with Crippen LogP contribution < -0.4 is 5.32 Å². The number of benzene rings is 2. The lowest BCUT2D eigenvalue weighted by Gasteiger charge is -2.13. The van der Waals surface area contributed by atoms with Gasteiger partial charge in [-0.25, -0.2) is 9.67 Å². The van der Waals surface area contributed by atoms with E-state index in [9.17, 15) is 18.0 Å². The van der Waals surface area contributed by atoms with E-state index in [1.54, 1.807) is 17.1 Å². The molecule has 8 heteroatoms. The number of alkyl halides is 3. The topological polar surface area (TPSA) is 59.8 Å². The summed E-state index contributed by atoms with van der Waals surface area (Å²) in [6, 6.07) is 12.1. The summed E-state index contributed by atoms with van der Waals surface area (Å²) >= 11 is 0. The molecule has 1 heterocycles. The molecule has 5 nitrogen and oxygen atoms in total. The Labute approximate surface area is 147 Å². The molecule has 0 atom stereocenters. The molecule has 1 amide bonds. The van der Waals surface area contributed by atoms with Crippen molar-refractivity contribution in [3.63, 3.8) is 0 Å². The number of nitrogens with one attached hydrogen (secondary N) is 1. The van der Waals surface area contributed by atoms with Crippen LogP contribution in [0.2, 0.25) is 0 Å². The van der Waals surface area contributed by atoms with Gasteiger partial charge in [0, 0.05) is 6.54 Å². The predicted molar refractivity (Wildman–Crippen MR) is 88.2 cm³/mol. The molecule has 0 bridgehead atoms. The van der Waals surface area contributed by atoms with Crippen molar-refractivity contribution in [2.24, 2.45) is 0 Å². The predicted octanol–water partition coefficient (Wildman–Crippen LogP) is 3.28. The molecule has 0 saturated carbocycles. The number of hydrogen-bond donors (Lipinski definition) is 1. The Bertz CT molecular complexity index is 891. The van der Waals surface area contributed by atoms with Crippen LogP contribution in [0, 0.1) is 0 Å². The van der Waals surface area contributed by atoms with Gasteiger partial charge in [-0.2, -0.15) is 18.3 Å². The first-order chi connectivity index (χ1) is 12.4. The van der Waals surface area contributed by atoms with E-state index in [-0.39, 0.29) is 6.54 Å². The van der Waals surface area contributed by atoms with Crippen LogP contribution in [0.5, 0.6) is 0 Å². The van der Waals surface area contributed by atoms with Crippen molar-refractivity contribution in [2.75, 3.05) is 0 Å². The van der Waals surface area contributed by atoms with E-state index >= 15 is 0 Å². The normalized spacial score (nSPS) is 11.3. The number of aromatic nitrogens is 3. The Kier molecular flexibility index (Phi) is 5.01. The monoisotopic (exact) mass is 360 g/mol. The number of hydrogen-bond acceptors (Lipinski definition) is 3. The lowest BCUT2D eigenvalue weighted by Crippen LogP contribution is -2.25. The van der Waals surface area contributed by atoms with Crippen molar-refractivity contribution in [3.8, 4) is 0 Å². The lowest BCUT2D eigenvalue weighted by molar-refractivity contribution is -0.137. The number of carbonyl (C=O) groups is 1. The highest BCUT2D eigenvalue weighted by Crippen LogP contribution is 2.31. The molecule has 3 rings (SSSR count). The summed E-state index contributed by atoms with van der Waals surface area (Å²) in [7, 11) is 0. The second kappa shape index (κ2) is 7.38. The number of rotatable bonds is 5. The summed E-state index contributed by atoms with van der Waals surface area (Å²) < 4.78 is 40.7. The van der Waals surface area contributed by atoms with E-state index in [2.05, 4.69) is 15.4 Å². The van der Waals surface area contributed by atoms with Crippen LogP contribution in [-0.4, -0.2) is 20.7 Å². The maximum Gasteiger partial charge on any atom is 0.417 e. The zero-order valence-corrected chi connectivity index (χ0v) is 13.6. The van der Waals surface area contributed by atoms with Gasteiger partial charge in [0.25, 0.3) is 5.91 Å². The number of nitrogens with zero attached hydrogens (tertiary/aromatic N) is 3. The van der Waals surface area contributed by atoms with Gasteiger partial charge < -0.3 is 5.32 Å². The molecular weight excluding hydrogens is 345 g/mol. The first kappa shape index (κ1) is 17.7. The molecule has 0 spiro atoms. The lowest BCUT2D eigenvalue weighted by atomic mass is 10.1. The third kappa shape index (κ3) is 4.27. The molecule has 0 fully saturated rings. The van der Waals surface area contributed by atoms with E-state index in [4.69, 9.17) is 0 Å². The molecule has 1 aromatic heterocycles. The van der Waals surface area contributed by atoms with E-state index in [1.165, 1.54) is 24.5 Å². The molecule has 3 aromatic rings. The maximum absolute atomic E-state index is 13.0. The largest absolute Gasteiger partial charge is 0.417 e. The quantitative estimate of drug-likeness (QED) is 0.760. The summed E-state index contributed by atoms with van der Waals surface area (Å²) in [6.45, 7) is 0.634. The van der Waals surface area contributed by atoms with Crippen LogP contribution in [0.1, 0.15) is 27.0 Å². The summed E-state index contributed by atoms with van der Waals surface area (Å²) in [5, 5.41) is 6.56. The SMILES string of the molecule is O=C(NCc1cccc(Cn2cncn2)c1)c1ccccc1C(F)(F)F. The third-order valence-corrected chi connectivity index (χ3v) is 3.73. The molecule has 0 unspecified atom stereocenters. The first-order valence-electron chi connectivity index (χ1n) is 7.78. The van der Waals surface area contributed by atoms with Crippen molar-refractivity contribution in [3.05, 3.63) is 83.4 Å². The third-order valence-electron chi connectivity index (χ3n) is 3.73. The Hall–Kier alpha value is -3.16. The van der Waals surface area contributed by atoms with Crippen LogP contribution in [0.3, 0.4) is 0 Å². The molecule has 0 saturated heterocycles. The van der Waals surface area contributed by atoms with E-state index in [1.807, 2.05) is 18.2 Å². The van der Waals surface area contributed by atoms with Crippen LogP contribution >= 0.6 is 0 Å². The molecular formula is C18H15F3N4O. The molecule has 26 heavy (non-hydrogen) atoms. The summed E-state index contributed by atoms with van der Waals surface area (Å²) in [5.41, 5.74) is 0.384. The number of amides is 1. The van der Waals surface area contributed by atoms with Gasteiger partial charge in [-0.15, -0.1) is 0 Å². The molecule has 0 radical (unpaired) electrons. The van der Waals surface area contributed by atoms with Gasteiger partial charge in [0.05, 0.1) is 17.7 Å². The Balaban J connectivity index is 1.69. The Morgan fingerprint density at radius 2 is 1.85 bits per heavy atom. The molecule has 0 aliphatic heterocycles. The minimum Gasteiger partial charge on any atom is -0.348 e. The molecule has 0 aliphatic carbocycles. The van der Waals surface area contributed by atoms with Crippen molar-refractivity contribution >= 4 is 5.91 Å². The highest BCUT2D eigenvalue weighted by Gasteiger charge is 2.34. The van der Waals surface area contributed by atoms with Crippen LogP contribution in [0.4, 0.5) is 13.2 Å². The first-order valence-corrected chi connectivity index (χ1v) is 7.78. The van der Waals surface area contributed by atoms with E-state index in [0.29, 0.717) is 6.54 Å². The Morgan fingerprint density at radius 1 is 1.08 bits per heavy atom. The number of halogens is 3. The highest BCUT2D eigenvalue weighted by atomic mass is 19.4. The second-order valence-corrected chi connectivity index (χ2v) is 5.64. The maximum atomic E-state index is 13.0. The average Bonchev–Trinajstić information content (AvgIpc) is 3.12. The zero-order valence-electron chi connectivity index (χ0n) is 13.6. The molecule has 134 valence electrons. The fraction of sp³-hybridized carbons (Fsp3) is 0.167. The molecule has 2 aromatic carbocycles. The summed E-state index contributed by atoms with van der Waals surface area (Å²) in [5.74, 6) is -0.764. The fourth-order valence-electron chi connectivity index (χ4n) is 2.55. The van der Waals surface area contributed by atoms with Crippen LogP contribution in [0.15, 0.2) is 61.2 Å². The van der Waals surface area contributed by atoms with Gasteiger partial charge in [-0.05, 0) is 23.3 Å². The minimum absolute atomic E-state index is 0.121. The summed E-state index contributed by atoms with van der Waals surface area (Å²) in [4.78, 5) is 16.1. The minimum atomic E-state index is -4.58. The van der Waals surface area contributed by atoms with Crippen molar-refractivity contribution in [1.29, 1.82) is 0 Å². The van der Waals surface area contributed by atoms with Crippen LogP contribution in [0.25, 0.3) is 0 Å². The van der Waals surface area contributed by atoms with Crippen LogP contribution in [-0.2, 0) is 19.3 Å². The fourth-order valence-corrected chi connectivity index (χ4v) is 2.55. The van der Waals surface area contributed by atoms with Crippen molar-refractivity contribution < 1.29 is 18.0 Å².